The second-order valence-electron chi connectivity index (χ2n) is 5.06. The van der Waals surface area contributed by atoms with Crippen LogP contribution in [0.2, 0.25) is 0 Å². The SMILES string of the molecule is Cc1ccccc1Cn1nccc1CNC1CC1. The van der Waals surface area contributed by atoms with Gasteiger partial charge in [-0.1, -0.05) is 24.3 Å². The van der Waals surface area contributed by atoms with Crippen LogP contribution >= 0.6 is 0 Å². The lowest BCUT2D eigenvalue weighted by Gasteiger charge is -2.10. The van der Waals surface area contributed by atoms with E-state index in [0.717, 1.165) is 19.1 Å². The zero-order valence-corrected chi connectivity index (χ0v) is 10.8. The first-order valence-corrected chi connectivity index (χ1v) is 6.61. The Bertz CT molecular complexity index is 526. The summed E-state index contributed by atoms with van der Waals surface area (Å²) in [6.07, 6.45) is 4.54. The van der Waals surface area contributed by atoms with Crippen molar-refractivity contribution in [1.29, 1.82) is 0 Å². The number of hydrogen-bond acceptors (Lipinski definition) is 2. The molecule has 3 heteroatoms. The van der Waals surface area contributed by atoms with Gasteiger partial charge in [-0.2, -0.15) is 5.10 Å². The van der Waals surface area contributed by atoms with Gasteiger partial charge in [0.1, 0.15) is 0 Å². The summed E-state index contributed by atoms with van der Waals surface area (Å²) in [6.45, 7) is 3.94. The van der Waals surface area contributed by atoms with Crippen molar-refractivity contribution in [3.63, 3.8) is 0 Å². The van der Waals surface area contributed by atoms with Crippen LogP contribution in [-0.4, -0.2) is 15.8 Å². The summed E-state index contributed by atoms with van der Waals surface area (Å²) in [5, 5.41) is 7.97. The number of aryl methyl sites for hydroxylation is 1. The van der Waals surface area contributed by atoms with E-state index in [9.17, 15) is 0 Å². The Morgan fingerprint density at radius 3 is 2.89 bits per heavy atom. The molecule has 0 spiro atoms. The van der Waals surface area contributed by atoms with Gasteiger partial charge in [-0.15, -0.1) is 0 Å². The van der Waals surface area contributed by atoms with Crippen molar-refractivity contribution in [2.75, 3.05) is 0 Å². The molecule has 1 heterocycles. The van der Waals surface area contributed by atoms with Crippen molar-refractivity contribution in [2.24, 2.45) is 0 Å². The first kappa shape index (κ1) is 11.5. The van der Waals surface area contributed by atoms with Gasteiger partial charge in [0.05, 0.1) is 12.2 Å². The highest BCUT2D eigenvalue weighted by Gasteiger charge is 2.20. The maximum absolute atomic E-state index is 4.43. The third-order valence-electron chi connectivity index (χ3n) is 3.54. The first-order chi connectivity index (χ1) is 8.83. The van der Waals surface area contributed by atoms with E-state index in [1.54, 1.807) is 0 Å². The first-order valence-electron chi connectivity index (χ1n) is 6.61. The van der Waals surface area contributed by atoms with Gasteiger partial charge >= 0.3 is 0 Å². The molecule has 18 heavy (non-hydrogen) atoms. The summed E-state index contributed by atoms with van der Waals surface area (Å²) < 4.78 is 2.09. The van der Waals surface area contributed by atoms with Crippen LogP contribution in [0.1, 0.15) is 29.7 Å². The fraction of sp³-hybridized carbons (Fsp3) is 0.400. The van der Waals surface area contributed by atoms with Gasteiger partial charge in [0.25, 0.3) is 0 Å². The van der Waals surface area contributed by atoms with Crippen molar-refractivity contribution in [2.45, 2.75) is 38.9 Å². The van der Waals surface area contributed by atoms with Crippen LogP contribution in [0.3, 0.4) is 0 Å². The molecule has 0 radical (unpaired) electrons. The largest absolute Gasteiger partial charge is 0.308 e. The molecular formula is C15H19N3. The van der Waals surface area contributed by atoms with Crippen LogP contribution in [0, 0.1) is 6.92 Å². The van der Waals surface area contributed by atoms with Crippen LogP contribution in [0.4, 0.5) is 0 Å². The lowest BCUT2D eigenvalue weighted by molar-refractivity contribution is 0.592. The fourth-order valence-electron chi connectivity index (χ4n) is 2.14. The predicted molar refractivity (Wildman–Crippen MR) is 72.4 cm³/mol. The Morgan fingerprint density at radius 2 is 2.11 bits per heavy atom. The fourth-order valence-corrected chi connectivity index (χ4v) is 2.14. The molecule has 0 saturated heterocycles. The van der Waals surface area contributed by atoms with Crippen molar-refractivity contribution < 1.29 is 0 Å². The number of hydrogen-bond donors (Lipinski definition) is 1. The van der Waals surface area contributed by atoms with Crippen LogP contribution in [0.15, 0.2) is 36.5 Å². The molecule has 94 valence electrons. The van der Waals surface area contributed by atoms with Crippen molar-refractivity contribution >= 4 is 0 Å². The van der Waals surface area contributed by atoms with E-state index in [2.05, 4.69) is 52.4 Å². The van der Waals surface area contributed by atoms with E-state index in [1.807, 2.05) is 6.20 Å². The second-order valence-corrected chi connectivity index (χ2v) is 5.06. The maximum Gasteiger partial charge on any atom is 0.0665 e. The number of nitrogens with zero attached hydrogens (tertiary/aromatic N) is 2. The lowest BCUT2D eigenvalue weighted by atomic mass is 10.1. The Labute approximate surface area is 108 Å². The van der Waals surface area contributed by atoms with Gasteiger partial charge in [0.2, 0.25) is 0 Å². The van der Waals surface area contributed by atoms with E-state index in [0.29, 0.717) is 0 Å². The highest BCUT2D eigenvalue weighted by atomic mass is 15.3. The summed E-state index contributed by atoms with van der Waals surface area (Å²) in [5.74, 6) is 0. The average molecular weight is 241 g/mol. The topological polar surface area (TPSA) is 29.9 Å². The van der Waals surface area contributed by atoms with Gasteiger partial charge in [-0.25, -0.2) is 0 Å². The molecule has 0 amide bonds. The van der Waals surface area contributed by atoms with Crippen LogP contribution in [0.5, 0.6) is 0 Å². The molecule has 0 atom stereocenters. The number of benzene rings is 1. The third kappa shape index (κ3) is 2.62. The van der Waals surface area contributed by atoms with Gasteiger partial charge in [-0.3, -0.25) is 4.68 Å². The van der Waals surface area contributed by atoms with Gasteiger partial charge in [-0.05, 0) is 37.0 Å². The lowest BCUT2D eigenvalue weighted by Crippen LogP contribution is -2.19. The Hall–Kier alpha value is -1.61. The maximum atomic E-state index is 4.43. The van der Waals surface area contributed by atoms with Gasteiger partial charge < -0.3 is 5.32 Å². The Balaban J connectivity index is 1.71. The van der Waals surface area contributed by atoms with Crippen molar-refractivity contribution in [3.8, 4) is 0 Å². The van der Waals surface area contributed by atoms with E-state index < -0.39 is 0 Å². The molecule has 1 aliphatic rings. The van der Waals surface area contributed by atoms with Crippen LogP contribution in [-0.2, 0) is 13.1 Å². The number of nitrogens with one attached hydrogen (secondary N) is 1. The molecule has 1 aromatic carbocycles. The van der Waals surface area contributed by atoms with E-state index >= 15 is 0 Å². The van der Waals surface area contributed by atoms with Crippen LogP contribution < -0.4 is 5.32 Å². The summed E-state index contributed by atoms with van der Waals surface area (Å²) in [6, 6.07) is 11.3. The minimum absolute atomic E-state index is 0.742. The van der Waals surface area contributed by atoms with Gasteiger partial charge in [0, 0.05) is 18.8 Å². The molecule has 3 nitrogen and oxygen atoms in total. The molecule has 0 bridgehead atoms. The molecule has 1 fully saturated rings. The standard InChI is InChI=1S/C15H19N3/c1-12-4-2-3-5-13(12)11-18-15(8-9-17-18)10-16-14-6-7-14/h2-5,8-9,14,16H,6-7,10-11H2,1H3. The zero-order valence-electron chi connectivity index (χ0n) is 10.8. The van der Waals surface area contributed by atoms with Crippen LogP contribution in [0.25, 0.3) is 0 Å². The third-order valence-corrected chi connectivity index (χ3v) is 3.54. The molecule has 3 rings (SSSR count). The summed E-state index contributed by atoms with van der Waals surface area (Å²) in [4.78, 5) is 0. The van der Waals surface area contributed by atoms with Crippen molar-refractivity contribution in [3.05, 3.63) is 53.3 Å². The zero-order chi connectivity index (χ0) is 12.4. The second kappa shape index (κ2) is 4.94. The number of rotatable bonds is 5. The Morgan fingerprint density at radius 1 is 1.28 bits per heavy atom. The normalized spacial score (nSPS) is 14.9. The van der Waals surface area contributed by atoms with E-state index in [-0.39, 0.29) is 0 Å². The average Bonchev–Trinajstić information content (AvgIpc) is 3.10. The minimum atomic E-state index is 0.742. The van der Waals surface area contributed by atoms with Gasteiger partial charge in [0.15, 0.2) is 0 Å². The van der Waals surface area contributed by atoms with E-state index in [4.69, 9.17) is 0 Å². The molecule has 0 unspecified atom stereocenters. The highest BCUT2D eigenvalue weighted by molar-refractivity contribution is 5.26. The molecule has 1 aliphatic carbocycles. The predicted octanol–water partition coefficient (Wildman–Crippen LogP) is 2.49. The molecule has 0 aliphatic heterocycles. The monoisotopic (exact) mass is 241 g/mol. The molecule has 1 N–H and O–H groups in total. The quantitative estimate of drug-likeness (QED) is 0.871. The summed E-state index contributed by atoms with van der Waals surface area (Å²) in [5.41, 5.74) is 3.94. The summed E-state index contributed by atoms with van der Waals surface area (Å²) >= 11 is 0. The van der Waals surface area contributed by atoms with Crippen molar-refractivity contribution in [1.82, 2.24) is 15.1 Å². The summed E-state index contributed by atoms with van der Waals surface area (Å²) in [7, 11) is 0. The van der Waals surface area contributed by atoms with E-state index in [1.165, 1.54) is 29.7 Å². The highest BCUT2D eigenvalue weighted by Crippen LogP contribution is 2.19. The Kier molecular flexibility index (Phi) is 3.15. The smallest absolute Gasteiger partial charge is 0.0665 e. The molecular weight excluding hydrogens is 222 g/mol. The molecule has 2 aromatic rings. The molecule has 1 saturated carbocycles. The minimum Gasteiger partial charge on any atom is -0.308 e. The molecule has 1 aromatic heterocycles. The number of aromatic nitrogens is 2.